The topological polar surface area (TPSA) is 55.1 Å². The summed E-state index contributed by atoms with van der Waals surface area (Å²) in [6.45, 7) is 0.163. The molecule has 1 amide bonds. The number of oxazole rings is 1. The Bertz CT molecular complexity index is 689. The van der Waals surface area contributed by atoms with Gasteiger partial charge >= 0.3 is 0 Å². The zero-order valence-electron chi connectivity index (χ0n) is 11.0. The number of rotatable bonds is 5. The molecule has 1 aromatic heterocycles. The maximum absolute atomic E-state index is 13.6. The van der Waals surface area contributed by atoms with Gasteiger partial charge in [-0.15, -0.1) is 6.42 Å². The van der Waals surface area contributed by atoms with E-state index in [1.54, 1.807) is 0 Å². The van der Waals surface area contributed by atoms with Crippen molar-refractivity contribution in [1.82, 2.24) is 10.3 Å². The molecule has 1 N–H and O–H groups in total. The van der Waals surface area contributed by atoms with Crippen molar-refractivity contribution in [2.45, 2.75) is 12.8 Å². The van der Waals surface area contributed by atoms with Crippen LogP contribution in [0.1, 0.15) is 12.3 Å². The van der Waals surface area contributed by atoms with Gasteiger partial charge in [-0.1, -0.05) is 5.92 Å². The number of aromatic nitrogens is 1. The molecule has 0 radical (unpaired) electrons. The van der Waals surface area contributed by atoms with E-state index in [9.17, 15) is 13.6 Å². The third kappa shape index (κ3) is 3.89. The third-order valence-corrected chi connectivity index (χ3v) is 2.70. The molecule has 1 aromatic carbocycles. The summed E-state index contributed by atoms with van der Waals surface area (Å²) < 4.78 is 31.8. The molecule has 4 nitrogen and oxygen atoms in total. The summed E-state index contributed by atoms with van der Waals surface area (Å²) in [5, 5.41) is 2.51. The molecule has 0 unspecified atom stereocenters. The van der Waals surface area contributed by atoms with Crippen molar-refractivity contribution in [2.24, 2.45) is 0 Å². The van der Waals surface area contributed by atoms with Crippen LogP contribution in [0.4, 0.5) is 8.78 Å². The van der Waals surface area contributed by atoms with Crippen LogP contribution in [-0.4, -0.2) is 17.4 Å². The molecular weight excluding hydrogens is 278 g/mol. The minimum absolute atomic E-state index is 0.118. The molecule has 2 rings (SSSR count). The van der Waals surface area contributed by atoms with Crippen LogP contribution in [0.2, 0.25) is 0 Å². The number of terminal acetylenes is 1. The van der Waals surface area contributed by atoms with Gasteiger partial charge in [-0.2, -0.15) is 0 Å². The van der Waals surface area contributed by atoms with Gasteiger partial charge in [-0.3, -0.25) is 4.79 Å². The fraction of sp³-hybridized carbons (Fsp3) is 0.200. The Balaban J connectivity index is 2.01. The molecule has 0 aliphatic heterocycles. The maximum Gasteiger partial charge on any atom is 0.221 e. The third-order valence-electron chi connectivity index (χ3n) is 2.70. The lowest BCUT2D eigenvalue weighted by atomic mass is 10.2. The van der Waals surface area contributed by atoms with E-state index in [2.05, 4.69) is 16.2 Å². The monoisotopic (exact) mass is 290 g/mol. The van der Waals surface area contributed by atoms with Crippen LogP contribution in [0.25, 0.3) is 11.3 Å². The average molecular weight is 290 g/mol. The predicted molar refractivity (Wildman–Crippen MR) is 72.0 cm³/mol. The number of hydrogen-bond donors (Lipinski definition) is 1. The Hall–Kier alpha value is -2.68. The minimum atomic E-state index is -0.732. The molecule has 0 bridgehead atoms. The summed E-state index contributed by atoms with van der Waals surface area (Å²) in [7, 11) is 0. The number of hydrogen-bond acceptors (Lipinski definition) is 3. The van der Waals surface area contributed by atoms with Crippen molar-refractivity contribution >= 4 is 5.91 Å². The minimum Gasteiger partial charge on any atom is -0.441 e. The van der Waals surface area contributed by atoms with E-state index in [1.165, 1.54) is 12.3 Å². The normalized spacial score (nSPS) is 10.1. The smallest absolute Gasteiger partial charge is 0.221 e. The van der Waals surface area contributed by atoms with Crippen LogP contribution in [-0.2, 0) is 11.2 Å². The lowest BCUT2D eigenvalue weighted by Crippen LogP contribution is -2.23. The Morgan fingerprint density at radius 3 is 2.95 bits per heavy atom. The summed E-state index contributed by atoms with van der Waals surface area (Å²) in [5.41, 5.74) is 0.118. The Morgan fingerprint density at radius 1 is 1.43 bits per heavy atom. The lowest BCUT2D eigenvalue weighted by molar-refractivity contribution is -0.120. The zero-order chi connectivity index (χ0) is 15.2. The molecule has 0 aliphatic rings. The van der Waals surface area contributed by atoms with Gasteiger partial charge in [-0.05, 0) is 12.1 Å². The molecule has 0 atom stereocenters. The number of aryl methyl sites for hydroxylation is 1. The quantitative estimate of drug-likeness (QED) is 0.860. The highest BCUT2D eigenvalue weighted by Crippen LogP contribution is 2.24. The van der Waals surface area contributed by atoms with Gasteiger partial charge in [0.2, 0.25) is 5.91 Å². The summed E-state index contributed by atoms with van der Waals surface area (Å²) >= 11 is 0. The second-order valence-electron chi connectivity index (χ2n) is 4.22. The molecule has 0 fully saturated rings. The van der Waals surface area contributed by atoms with Gasteiger partial charge in [0, 0.05) is 18.9 Å². The molecule has 2 aromatic rings. The fourth-order valence-corrected chi connectivity index (χ4v) is 1.70. The molecule has 1 heterocycles. The second kappa shape index (κ2) is 6.66. The van der Waals surface area contributed by atoms with Crippen molar-refractivity contribution in [2.75, 3.05) is 6.54 Å². The van der Waals surface area contributed by atoms with Crippen molar-refractivity contribution in [3.8, 4) is 23.7 Å². The van der Waals surface area contributed by atoms with E-state index in [0.29, 0.717) is 5.89 Å². The van der Waals surface area contributed by atoms with Crippen LogP contribution < -0.4 is 5.32 Å². The average Bonchev–Trinajstić information content (AvgIpc) is 2.91. The van der Waals surface area contributed by atoms with Crippen molar-refractivity contribution in [3.05, 3.63) is 41.9 Å². The van der Waals surface area contributed by atoms with Gasteiger partial charge in [-0.25, -0.2) is 13.8 Å². The summed E-state index contributed by atoms with van der Waals surface area (Å²) in [5.74, 6) is 1.15. The van der Waals surface area contributed by atoms with Crippen LogP contribution in [0.5, 0.6) is 0 Å². The molecule has 108 valence electrons. The first-order valence-electron chi connectivity index (χ1n) is 6.20. The van der Waals surface area contributed by atoms with Crippen LogP contribution in [0.15, 0.2) is 28.8 Å². The van der Waals surface area contributed by atoms with E-state index in [4.69, 9.17) is 10.8 Å². The number of carbonyl (C=O) groups is 1. The Morgan fingerprint density at radius 2 is 2.24 bits per heavy atom. The van der Waals surface area contributed by atoms with Crippen LogP contribution in [0, 0.1) is 24.0 Å². The van der Waals surface area contributed by atoms with Crippen molar-refractivity contribution < 1.29 is 18.0 Å². The first-order chi connectivity index (χ1) is 10.1. The number of nitrogens with one attached hydrogen (secondary N) is 1. The van der Waals surface area contributed by atoms with E-state index < -0.39 is 11.6 Å². The fourth-order valence-electron chi connectivity index (χ4n) is 1.70. The summed E-state index contributed by atoms with van der Waals surface area (Å²) in [6, 6.07) is 3.17. The predicted octanol–water partition coefficient (Wildman–Crippen LogP) is 2.30. The van der Waals surface area contributed by atoms with Gasteiger partial charge in [0.1, 0.15) is 11.6 Å². The highest BCUT2D eigenvalue weighted by molar-refractivity contribution is 5.76. The van der Waals surface area contributed by atoms with Gasteiger partial charge in [0.25, 0.3) is 0 Å². The number of carbonyl (C=O) groups excluding carboxylic acids is 1. The number of halogens is 2. The highest BCUT2D eigenvalue weighted by Gasteiger charge is 2.12. The SMILES string of the molecule is C#CCNC(=O)CCc1ncc(-c2ccc(F)cc2F)o1. The van der Waals surface area contributed by atoms with E-state index in [-0.39, 0.29) is 36.6 Å². The van der Waals surface area contributed by atoms with E-state index >= 15 is 0 Å². The molecule has 21 heavy (non-hydrogen) atoms. The van der Waals surface area contributed by atoms with Crippen molar-refractivity contribution in [3.63, 3.8) is 0 Å². The largest absolute Gasteiger partial charge is 0.441 e. The number of amides is 1. The second-order valence-corrected chi connectivity index (χ2v) is 4.22. The van der Waals surface area contributed by atoms with E-state index in [1.807, 2.05) is 0 Å². The number of benzene rings is 1. The first kappa shape index (κ1) is 14.7. The molecule has 0 spiro atoms. The lowest BCUT2D eigenvalue weighted by Gasteiger charge is -2.00. The van der Waals surface area contributed by atoms with Gasteiger partial charge in [0.15, 0.2) is 11.7 Å². The number of nitrogens with zero attached hydrogens (tertiary/aromatic N) is 1. The zero-order valence-corrected chi connectivity index (χ0v) is 11.0. The Labute approximate surface area is 120 Å². The standard InChI is InChI=1S/C15H12F2N2O2/c1-2-7-18-14(20)5-6-15-19-9-13(21-15)11-4-3-10(16)8-12(11)17/h1,3-4,8-9H,5-7H2,(H,18,20). The van der Waals surface area contributed by atoms with Gasteiger partial charge in [0.05, 0.1) is 18.3 Å². The highest BCUT2D eigenvalue weighted by atomic mass is 19.1. The van der Waals surface area contributed by atoms with E-state index in [0.717, 1.165) is 12.1 Å². The molecule has 0 saturated heterocycles. The Kier molecular flexibility index (Phi) is 4.67. The first-order valence-corrected chi connectivity index (χ1v) is 6.20. The van der Waals surface area contributed by atoms with Crippen LogP contribution in [0.3, 0.4) is 0 Å². The van der Waals surface area contributed by atoms with Crippen LogP contribution >= 0.6 is 0 Å². The maximum atomic E-state index is 13.6. The van der Waals surface area contributed by atoms with Gasteiger partial charge < -0.3 is 9.73 Å². The molecular formula is C15H12F2N2O2. The summed E-state index contributed by atoms with van der Waals surface area (Å²) in [4.78, 5) is 15.3. The summed E-state index contributed by atoms with van der Waals surface area (Å²) in [6.07, 6.45) is 6.78. The molecule has 0 aliphatic carbocycles. The molecule has 6 heteroatoms. The molecule has 0 saturated carbocycles. The van der Waals surface area contributed by atoms with Crippen molar-refractivity contribution in [1.29, 1.82) is 0 Å².